The van der Waals surface area contributed by atoms with Gasteiger partial charge in [0, 0.05) is 30.0 Å². The maximum Gasteiger partial charge on any atom is 0.414 e. The van der Waals surface area contributed by atoms with Gasteiger partial charge in [-0.25, -0.2) is 4.79 Å². The summed E-state index contributed by atoms with van der Waals surface area (Å²) in [5.74, 6) is -0.684. The number of ether oxygens (including phenoxy) is 1. The topological polar surface area (TPSA) is 79.0 Å². The molecule has 2 saturated heterocycles. The molecule has 3 amide bonds. The maximum absolute atomic E-state index is 12.7. The van der Waals surface area contributed by atoms with Crippen LogP contribution in [0.25, 0.3) is 0 Å². The highest BCUT2D eigenvalue weighted by Gasteiger charge is 2.35. The number of benzene rings is 2. The molecule has 0 saturated carbocycles. The Hall–Kier alpha value is -3.35. The van der Waals surface area contributed by atoms with Gasteiger partial charge in [-0.3, -0.25) is 14.5 Å². The number of nitrogens with one attached hydrogen (secondary N) is 1. The van der Waals surface area contributed by atoms with E-state index in [0.717, 1.165) is 11.3 Å². The first kappa shape index (κ1) is 18.0. The maximum atomic E-state index is 12.7. The Balaban J connectivity index is 1.43. The van der Waals surface area contributed by atoms with Crippen LogP contribution in [0.5, 0.6) is 0 Å². The van der Waals surface area contributed by atoms with Crippen molar-refractivity contribution < 1.29 is 19.1 Å². The Morgan fingerprint density at radius 3 is 2.57 bits per heavy atom. The van der Waals surface area contributed by atoms with Gasteiger partial charge in [-0.15, -0.1) is 0 Å². The van der Waals surface area contributed by atoms with Gasteiger partial charge in [0.2, 0.25) is 11.8 Å². The van der Waals surface area contributed by atoms with E-state index < -0.39 is 12.0 Å². The smallest absolute Gasteiger partial charge is 0.414 e. The van der Waals surface area contributed by atoms with Crippen molar-refractivity contribution in [3.63, 3.8) is 0 Å². The van der Waals surface area contributed by atoms with Gasteiger partial charge in [-0.2, -0.15) is 0 Å². The second-order valence-electron chi connectivity index (χ2n) is 7.05. The van der Waals surface area contributed by atoms with Crippen LogP contribution >= 0.6 is 0 Å². The summed E-state index contributed by atoms with van der Waals surface area (Å²) in [4.78, 5) is 40.0. The van der Waals surface area contributed by atoms with Gasteiger partial charge in [0.25, 0.3) is 0 Å². The summed E-state index contributed by atoms with van der Waals surface area (Å²) in [6.45, 7) is 3.18. The van der Waals surface area contributed by atoms with Crippen molar-refractivity contribution in [3.8, 4) is 0 Å². The number of rotatable bonds is 4. The first-order valence-electron chi connectivity index (χ1n) is 9.23. The summed E-state index contributed by atoms with van der Waals surface area (Å²) in [5.41, 5.74) is 3.18. The van der Waals surface area contributed by atoms with E-state index >= 15 is 0 Å². The lowest BCUT2D eigenvalue weighted by atomic mass is 10.1. The Morgan fingerprint density at radius 2 is 1.86 bits per heavy atom. The molecule has 2 aliphatic rings. The zero-order valence-corrected chi connectivity index (χ0v) is 15.6. The van der Waals surface area contributed by atoms with E-state index in [-0.39, 0.29) is 18.2 Å². The molecule has 1 unspecified atom stereocenters. The molecule has 7 nitrogen and oxygen atoms in total. The fourth-order valence-corrected chi connectivity index (χ4v) is 3.48. The fraction of sp³-hybridized carbons (Fsp3) is 0.286. The molecule has 2 heterocycles. The lowest BCUT2D eigenvalue weighted by Crippen LogP contribution is -2.28. The summed E-state index contributed by atoms with van der Waals surface area (Å²) < 4.78 is 4.95. The second kappa shape index (κ2) is 7.34. The third kappa shape index (κ3) is 3.55. The van der Waals surface area contributed by atoms with E-state index in [9.17, 15) is 14.4 Å². The first-order chi connectivity index (χ1) is 13.5. The van der Waals surface area contributed by atoms with Crippen LogP contribution in [0.1, 0.15) is 12.0 Å². The summed E-state index contributed by atoms with van der Waals surface area (Å²) in [6.07, 6.45) is -0.212. The van der Waals surface area contributed by atoms with Gasteiger partial charge < -0.3 is 15.0 Å². The average molecular weight is 379 g/mol. The lowest BCUT2D eigenvalue weighted by Gasteiger charge is -2.17. The van der Waals surface area contributed by atoms with Crippen LogP contribution in [0, 0.1) is 12.8 Å². The molecule has 28 heavy (non-hydrogen) atoms. The summed E-state index contributed by atoms with van der Waals surface area (Å²) in [7, 11) is 0. The van der Waals surface area contributed by atoms with Crippen molar-refractivity contribution in [2.24, 2.45) is 5.92 Å². The lowest BCUT2D eigenvalue weighted by molar-refractivity contribution is -0.122. The molecule has 2 aliphatic heterocycles. The van der Waals surface area contributed by atoms with Crippen LogP contribution in [0.2, 0.25) is 0 Å². The molecule has 2 aromatic rings. The number of hydrogen-bond donors (Lipinski definition) is 1. The SMILES string of the molecule is Cc1ccc(N2CC(C(=O)Nc3cccc(N4CCOC4=O)c3)CC2=O)cc1. The van der Waals surface area contributed by atoms with Gasteiger partial charge >= 0.3 is 6.09 Å². The van der Waals surface area contributed by atoms with Crippen molar-refractivity contribution >= 4 is 35.0 Å². The first-order valence-corrected chi connectivity index (χ1v) is 9.23. The average Bonchev–Trinajstić information content (AvgIpc) is 3.28. The number of carbonyl (C=O) groups excluding carboxylic acids is 3. The number of aryl methyl sites for hydroxylation is 1. The van der Waals surface area contributed by atoms with E-state index in [2.05, 4.69) is 5.32 Å². The van der Waals surface area contributed by atoms with E-state index in [4.69, 9.17) is 4.74 Å². The van der Waals surface area contributed by atoms with E-state index in [0.29, 0.717) is 31.1 Å². The number of carbonyl (C=O) groups is 3. The third-order valence-electron chi connectivity index (χ3n) is 5.03. The molecule has 144 valence electrons. The van der Waals surface area contributed by atoms with Crippen LogP contribution < -0.4 is 15.1 Å². The van der Waals surface area contributed by atoms with Crippen LogP contribution in [-0.4, -0.2) is 37.6 Å². The summed E-state index contributed by atoms with van der Waals surface area (Å²) in [5, 5.41) is 2.87. The van der Waals surface area contributed by atoms with Crippen molar-refractivity contribution in [2.45, 2.75) is 13.3 Å². The molecule has 0 aliphatic carbocycles. The minimum atomic E-state index is -0.422. The Bertz CT molecular complexity index is 926. The largest absolute Gasteiger partial charge is 0.447 e. The number of cyclic esters (lactones) is 1. The molecule has 4 rings (SSSR count). The standard InChI is InChI=1S/C21H21N3O4/c1-14-5-7-17(8-6-14)24-13-15(11-19(24)25)20(26)22-16-3-2-4-18(12-16)23-9-10-28-21(23)27/h2-8,12,15H,9-11,13H2,1H3,(H,22,26). The van der Waals surface area contributed by atoms with Crippen molar-refractivity contribution in [1.29, 1.82) is 0 Å². The van der Waals surface area contributed by atoms with Gasteiger partial charge in [0.05, 0.1) is 12.5 Å². The van der Waals surface area contributed by atoms with E-state index in [1.807, 2.05) is 31.2 Å². The van der Waals surface area contributed by atoms with Gasteiger partial charge in [0.15, 0.2) is 0 Å². The minimum Gasteiger partial charge on any atom is -0.447 e. The summed E-state index contributed by atoms with van der Waals surface area (Å²) >= 11 is 0. The molecular weight excluding hydrogens is 358 g/mol. The molecule has 1 atom stereocenters. The molecule has 0 radical (unpaired) electrons. The van der Waals surface area contributed by atoms with Crippen molar-refractivity contribution in [3.05, 3.63) is 54.1 Å². The number of amides is 3. The highest BCUT2D eigenvalue weighted by molar-refractivity contribution is 6.03. The Kier molecular flexibility index (Phi) is 4.73. The van der Waals surface area contributed by atoms with Gasteiger partial charge in [-0.05, 0) is 37.3 Å². The summed E-state index contributed by atoms with van der Waals surface area (Å²) in [6, 6.07) is 14.7. The molecule has 2 aromatic carbocycles. The molecule has 2 fully saturated rings. The number of nitrogens with zero attached hydrogens (tertiary/aromatic N) is 2. The predicted molar refractivity (Wildman–Crippen MR) is 105 cm³/mol. The third-order valence-corrected chi connectivity index (χ3v) is 5.03. The molecule has 0 bridgehead atoms. The van der Waals surface area contributed by atoms with Gasteiger partial charge in [0.1, 0.15) is 6.61 Å². The number of hydrogen-bond acceptors (Lipinski definition) is 4. The second-order valence-corrected chi connectivity index (χ2v) is 7.05. The number of anilines is 3. The predicted octanol–water partition coefficient (Wildman–Crippen LogP) is 2.94. The quantitative estimate of drug-likeness (QED) is 0.886. The minimum absolute atomic E-state index is 0.0578. The van der Waals surface area contributed by atoms with Crippen molar-refractivity contribution in [2.75, 3.05) is 34.8 Å². The molecular formula is C21H21N3O4. The molecule has 7 heteroatoms. The van der Waals surface area contributed by atoms with E-state index in [1.54, 1.807) is 29.2 Å². The monoisotopic (exact) mass is 379 g/mol. The fourth-order valence-electron chi connectivity index (χ4n) is 3.48. The van der Waals surface area contributed by atoms with Crippen LogP contribution in [0.15, 0.2) is 48.5 Å². The Morgan fingerprint density at radius 1 is 1.07 bits per heavy atom. The molecule has 0 spiro atoms. The Labute approximate surface area is 162 Å². The zero-order valence-electron chi connectivity index (χ0n) is 15.6. The van der Waals surface area contributed by atoms with Crippen LogP contribution in [0.4, 0.5) is 21.9 Å². The van der Waals surface area contributed by atoms with Gasteiger partial charge in [-0.1, -0.05) is 23.8 Å². The highest BCUT2D eigenvalue weighted by Crippen LogP contribution is 2.27. The highest BCUT2D eigenvalue weighted by atomic mass is 16.6. The van der Waals surface area contributed by atoms with Crippen LogP contribution in [0.3, 0.4) is 0 Å². The molecule has 0 aromatic heterocycles. The zero-order chi connectivity index (χ0) is 19.7. The molecule has 1 N–H and O–H groups in total. The van der Waals surface area contributed by atoms with E-state index in [1.165, 1.54) is 4.90 Å². The van der Waals surface area contributed by atoms with Crippen molar-refractivity contribution in [1.82, 2.24) is 0 Å². The van der Waals surface area contributed by atoms with Crippen LogP contribution in [-0.2, 0) is 14.3 Å². The normalized spacial score (nSPS) is 19.1.